The van der Waals surface area contributed by atoms with E-state index in [2.05, 4.69) is 5.10 Å². The summed E-state index contributed by atoms with van der Waals surface area (Å²) in [6.07, 6.45) is 1.67. The maximum Gasteiger partial charge on any atom is 0.274 e. The van der Waals surface area contributed by atoms with Crippen LogP contribution in [-0.4, -0.2) is 46.2 Å². The van der Waals surface area contributed by atoms with Crippen LogP contribution in [0.5, 0.6) is 5.75 Å². The molecule has 1 aromatic heterocycles. The predicted octanol–water partition coefficient (Wildman–Crippen LogP) is 3.04. The lowest BCUT2D eigenvalue weighted by Crippen LogP contribution is -2.50. The van der Waals surface area contributed by atoms with Crippen molar-refractivity contribution in [3.63, 3.8) is 0 Å². The van der Waals surface area contributed by atoms with E-state index in [-0.39, 0.29) is 18.9 Å². The Morgan fingerprint density at radius 2 is 2.14 bits per heavy atom. The Morgan fingerprint density at radius 3 is 2.79 bits per heavy atom. The van der Waals surface area contributed by atoms with Gasteiger partial charge in [-0.05, 0) is 51.0 Å². The summed E-state index contributed by atoms with van der Waals surface area (Å²) in [7, 11) is 0. The first kappa shape index (κ1) is 21.2. The number of hydrogen-bond acceptors (Lipinski definition) is 4. The van der Waals surface area contributed by atoms with Crippen molar-refractivity contribution in [2.24, 2.45) is 11.1 Å². The number of amides is 2. The van der Waals surface area contributed by atoms with Gasteiger partial charge in [0.25, 0.3) is 5.91 Å². The fourth-order valence-corrected chi connectivity index (χ4v) is 4.13. The van der Waals surface area contributed by atoms with Crippen LogP contribution in [0.4, 0.5) is 0 Å². The molecule has 29 heavy (non-hydrogen) atoms. The van der Waals surface area contributed by atoms with Gasteiger partial charge in [0, 0.05) is 42.2 Å². The number of carbonyl (C=O) groups excluding carboxylic acids is 2. The van der Waals surface area contributed by atoms with Gasteiger partial charge in [-0.15, -0.1) is 0 Å². The van der Waals surface area contributed by atoms with Crippen molar-refractivity contribution in [1.29, 1.82) is 0 Å². The van der Waals surface area contributed by atoms with Gasteiger partial charge in [0.2, 0.25) is 5.91 Å². The quantitative estimate of drug-likeness (QED) is 0.748. The molecule has 2 N–H and O–H groups in total. The summed E-state index contributed by atoms with van der Waals surface area (Å²) >= 11 is 6.03. The van der Waals surface area contributed by atoms with Crippen LogP contribution in [0, 0.1) is 12.3 Å². The van der Waals surface area contributed by atoms with Gasteiger partial charge in [-0.2, -0.15) is 5.10 Å². The van der Waals surface area contributed by atoms with Crippen molar-refractivity contribution in [2.45, 2.75) is 39.7 Å². The predicted molar refractivity (Wildman–Crippen MR) is 111 cm³/mol. The van der Waals surface area contributed by atoms with Crippen LogP contribution >= 0.6 is 11.6 Å². The van der Waals surface area contributed by atoms with Crippen LogP contribution in [-0.2, 0) is 11.3 Å². The molecule has 2 aromatic rings. The second kappa shape index (κ2) is 8.86. The van der Waals surface area contributed by atoms with Gasteiger partial charge in [-0.3, -0.25) is 14.3 Å². The van der Waals surface area contributed by atoms with E-state index in [4.69, 9.17) is 22.1 Å². The third-order valence-electron chi connectivity index (χ3n) is 5.34. The fourth-order valence-electron chi connectivity index (χ4n) is 3.95. The monoisotopic (exact) mass is 418 g/mol. The summed E-state index contributed by atoms with van der Waals surface area (Å²) in [6, 6.07) is 8.92. The molecular formula is C21H27ClN4O3. The zero-order chi connectivity index (χ0) is 21.0. The van der Waals surface area contributed by atoms with Crippen molar-refractivity contribution >= 4 is 23.4 Å². The van der Waals surface area contributed by atoms with Crippen LogP contribution in [0.3, 0.4) is 0 Å². The minimum absolute atomic E-state index is 0.128. The first-order chi connectivity index (χ1) is 13.8. The maximum absolute atomic E-state index is 13.0. The van der Waals surface area contributed by atoms with E-state index in [1.165, 1.54) is 0 Å². The van der Waals surface area contributed by atoms with Gasteiger partial charge in [-0.25, -0.2) is 0 Å². The summed E-state index contributed by atoms with van der Waals surface area (Å²) in [5.41, 5.74) is 6.37. The molecular weight excluding hydrogens is 392 g/mol. The zero-order valence-electron chi connectivity index (χ0n) is 16.9. The number of aryl methyl sites for hydroxylation is 2. The molecule has 1 fully saturated rings. The summed E-state index contributed by atoms with van der Waals surface area (Å²) in [4.78, 5) is 26.6. The topological polar surface area (TPSA) is 90.4 Å². The SMILES string of the molecule is CCn1nc(C(=O)N2CCCC(COc3cccc(Cl)c3)(CC(N)=O)C2)cc1C. The molecule has 1 unspecified atom stereocenters. The molecule has 0 saturated carbocycles. The first-order valence-electron chi connectivity index (χ1n) is 9.82. The molecule has 1 aromatic carbocycles. The molecule has 1 saturated heterocycles. The van der Waals surface area contributed by atoms with Gasteiger partial charge >= 0.3 is 0 Å². The minimum Gasteiger partial charge on any atom is -0.493 e. The lowest BCUT2D eigenvalue weighted by Gasteiger charge is -2.41. The van der Waals surface area contributed by atoms with Crippen molar-refractivity contribution < 1.29 is 14.3 Å². The van der Waals surface area contributed by atoms with Crippen molar-refractivity contribution in [3.05, 3.63) is 46.7 Å². The maximum atomic E-state index is 13.0. The van der Waals surface area contributed by atoms with Gasteiger partial charge in [0.05, 0.1) is 6.61 Å². The van der Waals surface area contributed by atoms with Crippen LogP contribution in [0.2, 0.25) is 5.02 Å². The molecule has 0 radical (unpaired) electrons. The molecule has 0 aliphatic carbocycles. The number of rotatable bonds is 7. The molecule has 3 rings (SSSR count). The smallest absolute Gasteiger partial charge is 0.274 e. The summed E-state index contributed by atoms with van der Waals surface area (Å²) in [5.74, 6) is 0.0961. The van der Waals surface area contributed by atoms with E-state index in [9.17, 15) is 9.59 Å². The largest absolute Gasteiger partial charge is 0.493 e. The highest BCUT2D eigenvalue weighted by Gasteiger charge is 2.40. The van der Waals surface area contributed by atoms with Crippen molar-refractivity contribution in [3.8, 4) is 5.75 Å². The fraction of sp³-hybridized carbons (Fsp3) is 0.476. The summed E-state index contributed by atoms with van der Waals surface area (Å²) in [5, 5.41) is 4.98. The van der Waals surface area contributed by atoms with E-state index in [1.807, 2.05) is 26.0 Å². The number of nitrogens with zero attached hydrogens (tertiary/aromatic N) is 3. The second-order valence-corrected chi connectivity index (χ2v) is 8.14. The molecule has 1 atom stereocenters. The number of benzene rings is 1. The van der Waals surface area contributed by atoms with Gasteiger partial charge in [0.15, 0.2) is 5.69 Å². The highest BCUT2D eigenvalue weighted by atomic mass is 35.5. The Morgan fingerprint density at radius 1 is 1.34 bits per heavy atom. The zero-order valence-corrected chi connectivity index (χ0v) is 17.6. The third kappa shape index (κ3) is 5.09. The van der Waals surface area contributed by atoms with Crippen LogP contribution in [0.25, 0.3) is 0 Å². The van der Waals surface area contributed by atoms with Gasteiger partial charge < -0.3 is 15.4 Å². The minimum atomic E-state index is -0.537. The molecule has 0 spiro atoms. The number of hydrogen-bond donors (Lipinski definition) is 1. The van der Waals surface area contributed by atoms with E-state index < -0.39 is 11.3 Å². The van der Waals surface area contributed by atoms with Crippen LogP contribution < -0.4 is 10.5 Å². The molecule has 1 aliphatic rings. The Balaban J connectivity index is 1.77. The molecule has 2 amide bonds. The summed E-state index contributed by atoms with van der Waals surface area (Å²) in [6.45, 7) is 5.92. The number of halogens is 1. The average molecular weight is 419 g/mol. The van der Waals surface area contributed by atoms with Crippen LogP contribution in [0.1, 0.15) is 42.4 Å². The Labute approximate surface area is 175 Å². The van der Waals surface area contributed by atoms with E-state index in [0.717, 1.165) is 18.5 Å². The van der Waals surface area contributed by atoms with E-state index >= 15 is 0 Å². The lowest BCUT2D eigenvalue weighted by molar-refractivity contribution is -0.122. The van der Waals surface area contributed by atoms with E-state index in [0.29, 0.717) is 36.1 Å². The number of ether oxygens (including phenoxy) is 1. The lowest BCUT2D eigenvalue weighted by atomic mass is 9.77. The van der Waals surface area contributed by atoms with Crippen molar-refractivity contribution in [2.75, 3.05) is 19.7 Å². The number of nitrogens with two attached hydrogens (primary N) is 1. The Hall–Kier alpha value is -2.54. The first-order valence-corrected chi connectivity index (χ1v) is 10.2. The molecule has 156 valence electrons. The highest BCUT2D eigenvalue weighted by molar-refractivity contribution is 6.30. The highest BCUT2D eigenvalue weighted by Crippen LogP contribution is 2.35. The molecule has 7 nitrogen and oxygen atoms in total. The third-order valence-corrected chi connectivity index (χ3v) is 5.57. The van der Waals surface area contributed by atoms with E-state index in [1.54, 1.807) is 27.8 Å². The van der Waals surface area contributed by atoms with Crippen molar-refractivity contribution in [1.82, 2.24) is 14.7 Å². The number of carbonyl (C=O) groups is 2. The number of piperidine rings is 1. The van der Waals surface area contributed by atoms with Gasteiger partial charge in [0.1, 0.15) is 5.75 Å². The Bertz CT molecular complexity index is 898. The van der Waals surface area contributed by atoms with Crippen LogP contribution in [0.15, 0.2) is 30.3 Å². The molecule has 0 bridgehead atoms. The standard InChI is InChI=1S/C21H27ClN4O3/c1-3-26-15(2)10-18(24-26)20(28)25-9-5-8-21(13-25,12-19(23)27)14-29-17-7-4-6-16(22)11-17/h4,6-7,10-11H,3,5,8-9,12-14H2,1-2H3,(H2,23,27). The number of likely N-dealkylation sites (tertiary alicyclic amines) is 1. The molecule has 1 aliphatic heterocycles. The number of primary amides is 1. The average Bonchev–Trinajstić information content (AvgIpc) is 3.06. The number of aromatic nitrogens is 2. The summed E-state index contributed by atoms with van der Waals surface area (Å²) < 4.78 is 7.76. The van der Waals surface area contributed by atoms with Gasteiger partial charge in [-0.1, -0.05) is 17.7 Å². The second-order valence-electron chi connectivity index (χ2n) is 7.71. The normalized spacial score (nSPS) is 19.2. The molecule has 8 heteroatoms. The Kier molecular flexibility index (Phi) is 6.47. The molecule has 2 heterocycles.